The highest BCUT2D eigenvalue weighted by Crippen LogP contribution is 2.13. The molecule has 1 aromatic carbocycles. The Balaban J connectivity index is 1.70. The Bertz CT molecular complexity index is 498. The molecule has 0 atom stereocenters. The van der Waals surface area contributed by atoms with Crippen molar-refractivity contribution in [2.24, 2.45) is 4.99 Å². The molecule has 0 radical (unpaired) electrons. The SMILES string of the molecule is CCCOc1cccc(CNC(=NC)NCCN2CCCCC2)c1. The van der Waals surface area contributed by atoms with Crippen molar-refractivity contribution >= 4 is 5.96 Å². The highest BCUT2D eigenvalue weighted by Gasteiger charge is 2.09. The fourth-order valence-electron chi connectivity index (χ4n) is 2.89. The summed E-state index contributed by atoms with van der Waals surface area (Å²) >= 11 is 0. The van der Waals surface area contributed by atoms with Gasteiger partial charge in [-0.1, -0.05) is 25.5 Å². The van der Waals surface area contributed by atoms with E-state index in [1.54, 1.807) is 0 Å². The van der Waals surface area contributed by atoms with E-state index in [9.17, 15) is 0 Å². The molecule has 5 nitrogen and oxygen atoms in total. The van der Waals surface area contributed by atoms with Gasteiger partial charge in [-0.25, -0.2) is 0 Å². The first-order valence-electron chi connectivity index (χ1n) is 9.20. The molecule has 1 heterocycles. The molecule has 0 aromatic heterocycles. The molecular formula is C19H32N4O. The average Bonchev–Trinajstić information content (AvgIpc) is 2.64. The molecule has 0 amide bonds. The highest BCUT2D eigenvalue weighted by atomic mass is 16.5. The van der Waals surface area contributed by atoms with E-state index in [0.717, 1.165) is 44.4 Å². The summed E-state index contributed by atoms with van der Waals surface area (Å²) in [4.78, 5) is 6.83. The van der Waals surface area contributed by atoms with Crippen molar-refractivity contribution in [3.8, 4) is 5.75 Å². The zero-order chi connectivity index (χ0) is 17.0. The van der Waals surface area contributed by atoms with Gasteiger partial charge in [0.15, 0.2) is 5.96 Å². The molecule has 5 heteroatoms. The van der Waals surface area contributed by atoms with Crippen molar-refractivity contribution in [1.29, 1.82) is 0 Å². The fourth-order valence-corrected chi connectivity index (χ4v) is 2.89. The maximum Gasteiger partial charge on any atom is 0.191 e. The molecule has 1 fully saturated rings. The van der Waals surface area contributed by atoms with Gasteiger partial charge in [-0.3, -0.25) is 4.99 Å². The summed E-state index contributed by atoms with van der Waals surface area (Å²) in [7, 11) is 1.82. The summed E-state index contributed by atoms with van der Waals surface area (Å²) in [6, 6.07) is 8.23. The first-order chi connectivity index (χ1) is 11.8. The summed E-state index contributed by atoms with van der Waals surface area (Å²) in [5.74, 6) is 1.79. The van der Waals surface area contributed by atoms with E-state index in [1.807, 2.05) is 19.2 Å². The van der Waals surface area contributed by atoms with Crippen molar-refractivity contribution in [1.82, 2.24) is 15.5 Å². The zero-order valence-corrected chi connectivity index (χ0v) is 15.2. The Hall–Kier alpha value is -1.75. The fraction of sp³-hybridized carbons (Fsp3) is 0.632. The van der Waals surface area contributed by atoms with Gasteiger partial charge in [0.05, 0.1) is 6.61 Å². The third kappa shape index (κ3) is 6.79. The number of hydrogen-bond donors (Lipinski definition) is 2. The van der Waals surface area contributed by atoms with Crippen LogP contribution in [0.25, 0.3) is 0 Å². The summed E-state index contributed by atoms with van der Waals surface area (Å²) in [5, 5.41) is 6.77. The van der Waals surface area contributed by atoms with Gasteiger partial charge in [0.25, 0.3) is 0 Å². The van der Waals surface area contributed by atoms with Gasteiger partial charge in [0, 0.05) is 26.7 Å². The number of ether oxygens (including phenoxy) is 1. The minimum absolute atomic E-state index is 0.743. The molecule has 1 aliphatic heterocycles. The van der Waals surface area contributed by atoms with Crippen LogP contribution in [0, 0.1) is 0 Å². The second-order valence-electron chi connectivity index (χ2n) is 6.25. The van der Waals surface area contributed by atoms with Crippen molar-refractivity contribution < 1.29 is 4.74 Å². The molecule has 1 saturated heterocycles. The number of hydrogen-bond acceptors (Lipinski definition) is 3. The minimum Gasteiger partial charge on any atom is -0.494 e. The topological polar surface area (TPSA) is 48.9 Å². The second-order valence-corrected chi connectivity index (χ2v) is 6.25. The van der Waals surface area contributed by atoms with Crippen LogP contribution in [0.5, 0.6) is 5.75 Å². The predicted octanol–water partition coefficient (Wildman–Crippen LogP) is 2.63. The highest BCUT2D eigenvalue weighted by molar-refractivity contribution is 5.79. The Labute approximate surface area is 146 Å². The van der Waals surface area contributed by atoms with Crippen LogP contribution in [0.3, 0.4) is 0 Å². The average molecular weight is 332 g/mol. The number of benzene rings is 1. The number of nitrogens with zero attached hydrogens (tertiary/aromatic N) is 2. The van der Waals surface area contributed by atoms with Crippen LogP contribution >= 0.6 is 0 Å². The third-order valence-corrected chi connectivity index (χ3v) is 4.22. The predicted molar refractivity (Wildman–Crippen MR) is 101 cm³/mol. The number of likely N-dealkylation sites (tertiary alicyclic amines) is 1. The standard InChI is InChI=1S/C19H32N4O/c1-3-14-24-18-9-7-8-17(15-18)16-22-19(20-2)21-10-13-23-11-5-4-6-12-23/h7-9,15H,3-6,10-14,16H2,1-2H3,(H2,20,21,22). The number of aliphatic imine (C=N–C) groups is 1. The number of nitrogens with one attached hydrogen (secondary N) is 2. The zero-order valence-electron chi connectivity index (χ0n) is 15.2. The van der Waals surface area contributed by atoms with Gasteiger partial charge >= 0.3 is 0 Å². The Kier molecular flexibility index (Phi) is 8.46. The van der Waals surface area contributed by atoms with E-state index in [2.05, 4.69) is 39.6 Å². The lowest BCUT2D eigenvalue weighted by atomic mass is 10.1. The monoisotopic (exact) mass is 332 g/mol. The molecule has 2 rings (SSSR count). The van der Waals surface area contributed by atoms with E-state index in [4.69, 9.17) is 4.74 Å². The Morgan fingerprint density at radius 2 is 2.04 bits per heavy atom. The van der Waals surface area contributed by atoms with Crippen molar-refractivity contribution in [3.05, 3.63) is 29.8 Å². The quantitative estimate of drug-likeness (QED) is 0.567. The maximum absolute atomic E-state index is 5.68. The molecule has 0 bridgehead atoms. The summed E-state index contributed by atoms with van der Waals surface area (Å²) in [5.41, 5.74) is 1.20. The van der Waals surface area contributed by atoms with E-state index >= 15 is 0 Å². The van der Waals surface area contributed by atoms with Crippen LogP contribution in [-0.4, -0.2) is 50.7 Å². The van der Waals surface area contributed by atoms with E-state index < -0.39 is 0 Å². The van der Waals surface area contributed by atoms with Gasteiger partial charge in [-0.05, 0) is 50.0 Å². The third-order valence-electron chi connectivity index (χ3n) is 4.22. The normalized spacial score (nSPS) is 16.0. The molecule has 1 aromatic rings. The summed E-state index contributed by atoms with van der Waals surface area (Å²) < 4.78 is 5.68. The van der Waals surface area contributed by atoms with E-state index in [0.29, 0.717) is 0 Å². The number of guanidine groups is 1. The molecule has 24 heavy (non-hydrogen) atoms. The smallest absolute Gasteiger partial charge is 0.191 e. The molecule has 1 aliphatic rings. The Morgan fingerprint density at radius 3 is 2.79 bits per heavy atom. The van der Waals surface area contributed by atoms with Gasteiger partial charge in [-0.2, -0.15) is 0 Å². The molecule has 0 saturated carbocycles. The lowest BCUT2D eigenvalue weighted by molar-refractivity contribution is 0.232. The molecule has 2 N–H and O–H groups in total. The van der Waals surface area contributed by atoms with Crippen molar-refractivity contribution in [3.63, 3.8) is 0 Å². The van der Waals surface area contributed by atoms with Gasteiger partial charge < -0.3 is 20.3 Å². The van der Waals surface area contributed by atoms with Crippen LogP contribution in [0.2, 0.25) is 0 Å². The number of piperidine rings is 1. The van der Waals surface area contributed by atoms with E-state index in [-0.39, 0.29) is 0 Å². The number of rotatable bonds is 8. The lowest BCUT2D eigenvalue weighted by Crippen LogP contribution is -2.42. The maximum atomic E-state index is 5.68. The van der Waals surface area contributed by atoms with Crippen molar-refractivity contribution in [2.45, 2.75) is 39.2 Å². The second kappa shape index (κ2) is 10.9. The lowest BCUT2D eigenvalue weighted by Gasteiger charge is -2.26. The van der Waals surface area contributed by atoms with Crippen LogP contribution < -0.4 is 15.4 Å². The van der Waals surface area contributed by atoms with Crippen LogP contribution in [-0.2, 0) is 6.54 Å². The molecule has 0 unspecified atom stereocenters. The molecule has 0 spiro atoms. The molecule has 134 valence electrons. The largest absolute Gasteiger partial charge is 0.494 e. The minimum atomic E-state index is 0.743. The van der Waals surface area contributed by atoms with Crippen molar-refractivity contribution in [2.75, 3.05) is 39.8 Å². The van der Waals surface area contributed by atoms with Gasteiger partial charge in [-0.15, -0.1) is 0 Å². The van der Waals surface area contributed by atoms with Crippen LogP contribution in [0.15, 0.2) is 29.3 Å². The summed E-state index contributed by atoms with van der Waals surface area (Å²) in [6.07, 6.45) is 5.08. The molecular weight excluding hydrogens is 300 g/mol. The first kappa shape index (κ1) is 18.6. The molecule has 0 aliphatic carbocycles. The first-order valence-corrected chi connectivity index (χ1v) is 9.20. The van der Waals surface area contributed by atoms with Gasteiger partial charge in [0.1, 0.15) is 5.75 Å². The Morgan fingerprint density at radius 1 is 1.21 bits per heavy atom. The summed E-state index contributed by atoms with van der Waals surface area (Å²) in [6.45, 7) is 8.10. The van der Waals surface area contributed by atoms with E-state index in [1.165, 1.54) is 37.9 Å². The van der Waals surface area contributed by atoms with Gasteiger partial charge in [0.2, 0.25) is 0 Å². The van der Waals surface area contributed by atoms with Crippen LogP contribution in [0.4, 0.5) is 0 Å². The van der Waals surface area contributed by atoms with Crippen LogP contribution in [0.1, 0.15) is 38.2 Å².